The van der Waals surface area contributed by atoms with Crippen molar-refractivity contribution < 1.29 is 5.11 Å². The summed E-state index contributed by atoms with van der Waals surface area (Å²) in [7, 11) is 0. The molecule has 0 aliphatic carbocycles. The zero-order chi connectivity index (χ0) is 8.39. The van der Waals surface area contributed by atoms with Crippen LogP contribution in [0.1, 0.15) is 11.6 Å². The normalized spacial score (nSPS) is 29.1. The van der Waals surface area contributed by atoms with E-state index in [1.165, 1.54) is 5.56 Å². The minimum absolute atomic E-state index is 0.237. The maximum absolute atomic E-state index is 9.14. The maximum atomic E-state index is 9.14. The van der Waals surface area contributed by atoms with Crippen molar-refractivity contribution in [2.75, 3.05) is 6.54 Å². The van der Waals surface area contributed by atoms with Crippen molar-refractivity contribution in [3.8, 4) is 0 Å². The minimum Gasteiger partial charge on any atom is -0.365 e. The summed E-state index contributed by atoms with van der Waals surface area (Å²) in [5.41, 5.74) is 1.21. The summed E-state index contributed by atoms with van der Waals surface area (Å²) in [6.07, 6.45) is -0.560. The van der Waals surface area contributed by atoms with E-state index in [1.807, 2.05) is 18.2 Å². The van der Waals surface area contributed by atoms with E-state index < -0.39 is 6.35 Å². The van der Waals surface area contributed by atoms with Gasteiger partial charge in [0.05, 0.1) is 0 Å². The van der Waals surface area contributed by atoms with E-state index in [0.717, 1.165) is 6.54 Å². The fourth-order valence-electron chi connectivity index (χ4n) is 1.44. The van der Waals surface area contributed by atoms with Crippen molar-refractivity contribution in [2.24, 2.45) is 0 Å². The van der Waals surface area contributed by atoms with E-state index in [9.17, 15) is 0 Å². The maximum Gasteiger partial charge on any atom is 0.161 e. The van der Waals surface area contributed by atoms with E-state index in [2.05, 4.69) is 22.8 Å². The molecule has 1 saturated heterocycles. The quantitative estimate of drug-likeness (QED) is 0.555. The van der Waals surface area contributed by atoms with E-state index in [4.69, 9.17) is 5.11 Å². The number of rotatable bonds is 1. The molecule has 64 valence electrons. The Morgan fingerprint density at radius 3 is 2.58 bits per heavy atom. The van der Waals surface area contributed by atoms with Crippen molar-refractivity contribution in [3.05, 3.63) is 35.9 Å². The van der Waals surface area contributed by atoms with Crippen molar-refractivity contribution in [1.82, 2.24) is 10.6 Å². The summed E-state index contributed by atoms with van der Waals surface area (Å²) < 4.78 is 0. The molecule has 2 unspecified atom stereocenters. The molecule has 0 spiro atoms. The smallest absolute Gasteiger partial charge is 0.161 e. The molecule has 3 heteroatoms. The highest BCUT2D eigenvalue weighted by Gasteiger charge is 2.21. The third-order valence-electron chi connectivity index (χ3n) is 2.08. The molecule has 0 saturated carbocycles. The summed E-state index contributed by atoms with van der Waals surface area (Å²) >= 11 is 0. The van der Waals surface area contributed by atoms with Gasteiger partial charge in [0.25, 0.3) is 0 Å². The molecular formula is C9H12N2O. The van der Waals surface area contributed by atoms with Gasteiger partial charge in [-0.2, -0.15) is 0 Å². The molecule has 0 bridgehead atoms. The third kappa shape index (κ3) is 1.48. The first-order valence-corrected chi connectivity index (χ1v) is 4.09. The van der Waals surface area contributed by atoms with Gasteiger partial charge in [-0.1, -0.05) is 30.3 Å². The topological polar surface area (TPSA) is 44.3 Å². The number of hydrogen-bond donors (Lipinski definition) is 3. The van der Waals surface area contributed by atoms with Crippen molar-refractivity contribution in [1.29, 1.82) is 0 Å². The Morgan fingerprint density at radius 1 is 1.25 bits per heavy atom. The first kappa shape index (κ1) is 7.73. The van der Waals surface area contributed by atoms with Crippen LogP contribution in [-0.4, -0.2) is 18.0 Å². The lowest BCUT2D eigenvalue weighted by atomic mass is 10.1. The van der Waals surface area contributed by atoms with Gasteiger partial charge in [0.15, 0.2) is 6.35 Å². The second kappa shape index (κ2) is 3.23. The molecule has 1 fully saturated rings. The summed E-state index contributed by atoms with van der Waals surface area (Å²) in [6, 6.07) is 10.3. The van der Waals surface area contributed by atoms with Gasteiger partial charge in [-0.05, 0) is 5.56 Å². The Morgan fingerprint density at radius 2 is 2.00 bits per heavy atom. The molecule has 1 aromatic rings. The van der Waals surface area contributed by atoms with E-state index in [1.54, 1.807) is 0 Å². The van der Waals surface area contributed by atoms with Crippen molar-refractivity contribution in [3.63, 3.8) is 0 Å². The average molecular weight is 164 g/mol. The third-order valence-corrected chi connectivity index (χ3v) is 2.08. The molecule has 1 aromatic carbocycles. The Balaban J connectivity index is 2.11. The second-order valence-corrected chi connectivity index (χ2v) is 2.94. The van der Waals surface area contributed by atoms with E-state index in [0.29, 0.717) is 0 Å². The predicted octanol–water partition coefficient (Wildman–Crippen LogP) is 0.196. The van der Waals surface area contributed by atoms with Gasteiger partial charge in [0.1, 0.15) is 0 Å². The van der Waals surface area contributed by atoms with Gasteiger partial charge in [-0.15, -0.1) is 0 Å². The molecule has 0 amide bonds. The second-order valence-electron chi connectivity index (χ2n) is 2.94. The number of benzene rings is 1. The SMILES string of the molecule is OC1NCC(c2ccccc2)N1. The van der Waals surface area contributed by atoms with Crippen molar-refractivity contribution in [2.45, 2.75) is 12.4 Å². The van der Waals surface area contributed by atoms with Crippen LogP contribution in [0.3, 0.4) is 0 Å². The van der Waals surface area contributed by atoms with E-state index in [-0.39, 0.29) is 6.04 Å². The van der Waals surface area contributed by atoms with Gasteiger partial charge < -0.3 is 5.11 Å². The van der Waals surface area contributed by atoms with Gasteiger partial charge >= 0.3 is 0 Å². The molecule has 3 N–H and O–H groups in total. The largest absolute Gasteiger partial charge is 0.365 e. The van der Waals surface area contributed by atoms with Gasteiger partial charge in [-0.25, -0.2) is 0 Å². The number of aliphatic hydroxyl groups excluding tert-OH is 1. The fraction of sp³-hybridized carbons (Fsp3) is 0.333. The molecule has 2 rings (SSSR count). The number of nitrogens with one attached hydrogen (secondary N) is 2. The van der Waals surface area contributed by atoms with Crippen molar-refractivity contribution >= 4 is 0 Å². The molecule has 1 heterocycles. The van der Waals surface area contributed by atoms with Crippen LogP contribution in [0.15, 0.2) is 30.3 Å². The van der Waals surface area contributed by atoms with Crippen LogP contribution in [0, 0.1) is 0 Å². The Bertz CT molecular complexity index is 250. The lowest BCUT2D eigenvalue weighted by Crippen LogP contribution is -2.30. The average Bonchev–Trinajstić information content (AvgIpc) is 2.54. The first-order valence-electron chi connectivity index (χ1n) is 4.09. The van der Waals surface area contributed by atoms with Crippen LogP contribution in [0.25, 0.3) is 0 Å². The minimum atomic E-state index is -0.560. The molecule has 3 nitrogen and oxygen atoms in total. The highest BCUT2D eigenvalue weighted by Crippen LogP contribution is 2.14. The molecule has 1 aliphatic rings. The lowest BCUT2D eigenvalue weighted by Gasteiger charge is -2.09. The zero-order valence-electron chi connectivity index (χ0n) is 6.70. The van der Waals surface area contributed by atoms with Crippen LogP contribution >= 0.6 is 0 Å². The van der Waals surface area contributed by atoms with Gasteiger partial charge in [0.2, 0.25) is 0 Å². The number of aliphatic hydroxyl groups is 1. The Kier molecular flexibility index (Phi) is 2.08. The van der Waals surface area contributed by atoms with Gasteiger partial charge in [-0.3, -0.25) is 10.6 Å². The van der Waals surface area contributed by atoms with E-state index >= 15 is 0 Å². The molecule has 12 heavy (non-hydrogen) atoms. The predicted molar refractivity (Wildman–Crippen MR) is 46.3 cm³/mol. The fourth-order valence-corrected chi connectivity index (χ4v) is 1.44. The first-order chi connectivity index (χ1) is 5.86. The van der Waals surface area contributed by atoms with Gasteiger partial charge in [0, 0.05) is 12.6 Å². The van der Waals surface area contributed by atoms with Crippen LogP contribution < -0.4 is 10.6 Å². The van der Waals surface area contributed by atoms with Crippen LogP contribution in [0.4, 0.5) is 0 Å². The summed E-state index contributed by atoms with van der Waals surface area (Å²) in [5.74, 6) is 0. The summed E-state index contributed by atoms with van der Waals surface area (Å²) in [5, 5.41) is 15.1. The monoisotopic (exact) mass is 164 g/mol. The highest BCUT2D eigenvalue weighted by molar-refractivity contribution is 5.20. The molecule has 0 radical (unpaired) electrons. The Hall–Kier alpha value is -0.900. The molecule has 1 aliphatic heterocycles. The molecular weight excluding hydrogens is 152 g/mol. The zero-order valence-corrected chi connectivity index (χ0v) is 6.70. The summed E-state index contributed by atoms with van der Waals surface area (Å²) in [4.78, 5) is 0. The molecule has 0 aromatic heterocycles. The lowest BCUT2D eigenvalue weighted by molar-refractivity contribution is 0.133. The summed E-state index contributed by atoms with van der Waals surface area (Å²) in [6.45, 7) is 0.783. The number of hydrogen-bond acceptors (Lipinski definition) is 3. The van der Waals surface area contributed by atoms with Crippen LogP contribution in [-0.2, 0) is 0 Å². The Labute approximate surface area is 71.4 Å². The standard InChI is InChI=1S/C9H12N2O/c12-9-10-6-8(11-9)7-4-2-1-3-5-7/h1-5,8-12H,6H2. The van der Waals surface area contributed by atoms with Crippen LogP contribution in [0.2, 0.25) is 0 Å². The highest BCUT2D eigenvalue weighted by atomic mass is 16.3. The molecule has 2 atom stereocenters. The van der Waals surface area contributed by atoms with Crippen LogP contribution in [0.5, 0.6) is 0 Å².